The van der Waals surface area contributed by atoms with Gasteiger partial charge in [0, 0.05) is 37.8 Å². The zero-order valence-electron chi connectivity index (χ0n) is 22.4. The van der Waals surface area contributed by atoms with E-state index in [4.69, 9.17) is 15.2 Å². The molecule has 1 amide bonds. The van der Waals surface area contributed by atoms with Crippen molar-refractivity contribution in [3.8, 4) is 11.1 Å². The van der Waals surface area contributed by atoms with Gasteiger partial charge in [-0.05, 0) is 61.3 Å². The van der Waals surface area contributed by atoms with E-state index in [2.05, 4.69) is 0 Å². The number of methoxy groups -OCH3 is 1. The molecule has 4 N–H and O–H groups in total. The second-order valence-electron chi connectivity index (χ2n) is 10.6. The summed E-state index contributed by atoms with van der Waals surface area (Å²) >= 11 is 0. The molecule has 1 aliphatic carbocycles. The normalized spacial score (nSPS) is 25.4. The van der Waals surface area contributed by atoms with Crippen LogP contribution in [-0.2, 0) is 26.3 Å². The summed E-state index contributed by atoms with van der Waals surface area (Å²) in [6, 6.07) is 12.1. The molecule has 0 radical (unpaired) electrons. The van der Waals surface area contributed by atoms with Gasteiger partial charge in [0.05, 0.1) is 19.3 Å². The number of carbonyl (C=O) groups is 1. The van der Waals surface area contributed by atoms with E-state index in [0.29, 0.717) is 55.5 Å². The number of halogens is 1. The molecule has 1 heterocycles. The lowest BCUT2D eigenvalue weighted by molar-refractivity contribution is -0.167. The Hall–Kier alpha value is -2.36. The fourth-order valence-electron chi connectivity index (χ4n) is 5.88. The second-order valence-corrected chi connectivity index (χ2v) is 10.6. The van der Waals surface area contributed by atoms with E-state index in [0.717, 1.165) is 18.4 Å². The van der Waals surface area contributed by atoms with E-state index in [1.54, 1.807) is 24.1 Å². The van der Waals surface area contributed by atoms with E-state index < -0.39 is 29.7 Å². The Kier molecular flexibility index (Phi) is 9.54. The minimum absolute atomic E-state index is 0.0813. The molecule has 2 fully saturated rings. The van der Waals surface area contributed by atoms with Crippen LogP contribution in [0.25, 0.3) is 11.1 Å². The summed E-state index contributed by atoms with van der Waals surface area (Å²) in [6.07, 6.45) is 1.82. The molecule has 8 heteroatoms. The van der Waals surface area contributed by atoms with Gasteiger partial charge >= 0.3 is 0 Å². The van der Waals surface area contributed by atoms with Crippen LogP contribution in [-0.4, -0.2) is 72.7 Å². The maximum atomic E-state index is 15.5. The smallest absolute Gasteiger partial charge is 0.226 e. The van der Waals surface area contributed by atoms with E-state index in [1.165, 1.54) is 6.07 Å². The lowest BCUT2D eigenvalue weighted by Crippen LogP contribution is -2.55. The number of nitrogens with zero attached hydrogens (tertiary/aromatic N) is 1. The van der Waals surface area contributed by atoms with Gasteiger partial charge in [0.25, 0.3) is 0 Å². The zero-order valence-corrected chi connectivity index (χ0v) is 22.4. The fourth-order valence-corrected chi connectivity index (χ4v) is 5.88. The van der Waals surface area contributed by atoms with Gasteiger partial charge in [-0.25, -0.2) is 4.39 Å². The molecule has 2 aromatic carbocycles. The average molecular weight is 529 g/mol. The summed E-state index contributed by atoms with van der Waals surface area (Å²) in [5, 5.41) is 22.5. The van der Waals surface area contributed by atoms with Gasteiger partial charge in [0.15, 0.2) is 0 Å². The minimum atomic E-state index is -1.54. The van der Waals surface area contributed by atoms with Crippen molar-refractivity contribution in [1.82, 2.24) is 4.90 Å². The highest BCUT2D eigenvalue weighted by atomic mass is 19.1. The van der Waals surface area contributed by atoms with Crippen molar-refractivity contribution in [2.75, 3.05) is 33.4 Å². The van der Waals surface area contributed by atoms with Crippen LogP contribution < -0.4 is 5.73 Å². The Morgan fingerprint density at radius 1 is 1.24 bits per heavy atom. The number of carbonyl (C=O) groups excluding carboxylic acids is 1. The van der Waals surface area contributed by atoms with Crippen molar-refractivity contribution < 1.29 is 28.9 Å². The van der Waals surface area contributed by atoms with Gasteiger partial charge in [-0.3, -0.25) is 4.79 Å². The highest BCUT2D eigenvalue weighted by Gasteiger charge is 2.46. The van der Waals surface area contributed by atoms with Crippen molar-refractivity contribution in [1.29, 1.82) is 0 Å². The van der Waals surface area contributed by atoms with Crippen LogP contribution in [0.3, 0.4) is 0 Å². The lowest BCUT2D eigenvalue weighted by atomic mass is 9.78. The van der Waals surface area contributed by atoms with Crippen LogP contribution in [0.2, 0.25) is 0 Å². The van der Waals surface area contributed by atoms with E-state index in [1.807, 2.05) is 31.2 Å². The molecule has 1 aliphatic heterocycles. The molecule has 1 saturated carbocycles. The van der Waals surface area contributed by atoms with Crippen molar-refractivity contribution in [2.45, 2.75) is 69.3 Å². The first-order chi connectivity index (χ1) is 18.3. The van der Waals surface area contributed by atoms with Gasteiger partial charge in [-0.2, -0.15) is 0 Å². The predicted molar refractivity (Wildman–Crippen MR) is 144 cm³/mol. The van der Waals surface area contributed by atoms with Crippen molar-refractivity contribution in [3.05, 3.63) is 59.4 Å². The number of rotatable bonds is 10. The number of unbranched alkanes of at least 4 members (excludes halogenated alkanes) is 1. The number of aliphatic hydroxyl groups excluding tert-OH is 1. The van der Waals surface area contributed by atoms with E-state index in [9.17, 15) is 15.0 Å². The fraction of sp³-hybridized carbons (Fsp3) is 0.567. The topological polar surface area (TPSA) is 105 Å². The van der Waals surface area contributed by atoms with Crippen molar-refractivity contribution in [2.24, 2.45) is 11.7 Å². The van der Waals surface area contributed by atoms with Crippen molar-refractivity contribution in [3.63, 3.8) is 0 Å². The summed E-state index contributed by atoms with van der Waals surface area (Å²) in [7, 11) is 1.64. The van der Waals surface area contributed by atoms with E-state index >= 15 is 4.39 Å². The largest absolute Gasteiger partial charge is 0.391 e. The maximum absolute atomic E-state index is 15.5. The molecule has 0 aromatic heterocycles. The lowest BCUT2D eigenvalue weighted by Gasteiger charge is -2.43. The van der Waals surface area contributed by atoms with Crippen LogP contribution >= 0.6 is 0 Å². The molecular formula is C30H41FN2O5. The molecule has 208 valence electrons. The second kappa shape index (κ2) is 12.7. The summed E-state index contributed by atoms with van der Waals surface area (Å²) in [6.45, 7) is 3.42. The number of aryl methyl sites for hydroxylation is 1. The zero-order chi connectivity index (χ0) is 27.3. The molecule has 1 saturated heterocycles. The highest BCUT2D eigenvalue weighted by Crippen LogP contribution is 2.41. The van der Waals surface area contributed by atoms with Crippen LogP contribution in [0.4, 0.5) is 4.39 Å². The number of hydrogen-bond acceptors (Lipinski definition) is 6. The molecule has 7 nitrogen and oxygen atoms in total. The monoisotopic (exact) mass is 528 g/mol. The third-order valence-corrected chi connectivity index (χ3v) is 8.10. The summed E-state index contributed by atoms with van der Waals surface area (Å²) in [5.74, 6) is -0.846. The Labute approximate surface area is 224 Å². The first-order valence-electron chi connectivity index (χ1n) is 13.7. The number of aliphatic hydroxyl groups is 2. The molecule has 0 spiro atoms. The molecule has 2 aromatic rings. The highest BCUT2D eigenvalue weighted by molar-refractivity contribution is 5.79. The maximum Gasteiger partial charge on any atom is 0.226 e. The van der Waals surface area contributed by atoms with Gasteiger partial charge in [0.2, 0.25) is 5.91 Å². The van der Waals surface area contributed by atoms with Gasteiger partial charge in [-0.15, -0.1) is 0 Å². The predicted octanol–water partition coefficient (Wildman–Crippen LogP) is 3.39. The number of morpholine rings is 1. The Balaban J connectivity index is 1.69. The van der Waals surface area contributed by atoms with Crippen LogP contribution in [0.5, 0.6) is 0 Å². The Morgan fingerprint density at radius 2 is 2.03 bits per heavy atom. The molecule has 0 bridgehead atoms. The number of amides is 1. The third-order valence-electron chi connectivity index (χ3n) is 8.10. The molecule has 38 heavy (non-hydrogen) atoms. The molecule has 0 unspecified atom stereocenters. The summed E-state index contributed by atoms with van der Waals surface area (Å²) in [4.78, 5) is 15.1. The summed E-state index contributed by atoms with van der Waals surface area (Å²) < 4.78 is 26.9. The molecular weight excluding hydrogens is 487 g/mol. The number of hydrogen-bond donors (Lipinski definition) is 3. The first kappa shape index (κ1) is 28.6. The minimum Gasteiger partial charge on any atom is -0.391 e. The van der Waals surface area contributed by atoms with Crippen molar-refractivity contribution >= 4 is 5.91 Å². The Bertz CT molecular complexity index is 1090. The third kappa shape index (κ3) is 6.10. The molecule has 2 aliphatic rings. The SMILES string of the molecule is CCc1cccc(-c2c(F)cccc2[C@@](O)(CCCCOC)[C@H]2CN(C(=O)[C@H]3C[C@@H](N)[C@@H](O)C3)CCO2)c1. The van der Waals surface area contributed by atoms with Gasteiger partial charge in [-0.1, -0.05) is 43.3 Å². The molecule has 5 atom stereocenters. The van der Waals surface area contributed by atoms with Crippen LogP contribution in [0.1, 0.15) is 50.2 Å². The molecule has 4 rings (SSSR count). The first-order valence-corrected chi connectivity index (χ1v) is 13.7. The summed E-state index contributed by atoms with van der Waals surface area (Å²) in [5.41, 5.74) is 7.01. The standard InChI is InChI=1S/C30H41FN2O5/c1-3-20-8-6-9-21(16-20)28-23(10-7-11-24(28)31)30(36,12-4-5-14-37-2)27-19-33(13-15-38-27)29(35)22-17-25(32)26(34)18-22/h6-11,16,22,25-27,34,36H,3-5,12-15,17-19,32H2,1-2H3/t22-,25+,26-,27+,30-/m0/s1. The average Bonchev–Trinajstić information content (AvgIpc) is 3.28. The van der Waals surface area contributed by atoms with Gasteiger partial charge < -0.3 is 30.3 Å². The Morgan fingerprint density at radius 3 is 2.74 bits per heavy atom. The number of nitrogens with two attached hydrogens (primary N) is 1. The van der Waals surface area contributed by atoms with Gasteiger partial charge in [0.1, 0.15) is 17.5 Å². The number of ether oxygens (including phenoxy) is 2. The number of benzene rings is 2. The van der Waals surface area contributed by atoms with E-state index in [-0.39, 0.29) is 25.0 Å². The quantitative estimate of drug-likeness (QED) is 0.409. The van der Waals surface area contributed by atoms with Crippen LogP contribution in [0, 0.1) is 11.7 Å². The van der Waals surface area contributed by atoms with Crippen LogP contribution in [0.15, 0.2) is 42.5 Å².